The molecule has 0 saturated heterocycles. The first-order valence-electron chi connectivity index (χ1n) is 12.7. The lowest BCUT2D eigenvalue weighted by Crippen LogP contribution is -2.59. The summed E-state index contributed by atoms with van der Waals surface area (Å²) < 4.78 is 0. The van der Waals surface area contributed by atoms with Crippen LogP contribution in [0.1, 0.15) is 51.7 Å². The zero-order valence-electron chi connectivity index (χ0n) is 22.4. The average molecular weight is 566 g/mol. The van der Waals surface area contributed by atoms with E-state index in [0.29, 0.717) is 17.9 Å². The third kappa shape index (κ3) is 10.2. The van der Waals surface area contributed by atoms with Crippen LogP contribution in [0, 0.1) is 5.92 Å². The molecule has 0 radical (unpaired) electrons. The smallest absolute Gasteiger partial charge is 0.243 e. The number of rotatable bonds is 3. The van der Waals surface area contributed by atoms with Crippen LogP contribution in [0.3, 0.4) is 0 Å². The van der Waals surface area contributed by atoms with E-state index < -0.39 is 47.8 Å². The molecule has 2 rings (SSSR count). The van der Waals surface area contributed by atoms with Crippen LogP contribution in [-0.4, -0.2) is 65.2 Å². The number of primary amides is 1. The Labute approximate surface area is 232 Å². The van der Waals surface area contributed by atoms with Crippen molar-refractivity contribution in [2.45, 2.75) is 76.2 Å². The number of benzene rings is 1. The predicted octanol–water partition coefficient (Wildman–Crippen LogP) is 1.07. The zero-order chi connectivity index (χ0) is 28.2. The highest BCUT2D eigenvalue weighted by molar-refractivity contribution is 7.98. The van der Waals surface area contributed by atoms with Crippen molar-refractivity contribution < 1.29 is 24.0 Å². The van der Waals surface area contributed by atoms with Crippen molar-refractivity contribution in [1.29, 1.82) is 0 Å². The minimum Gasteiger partial charge on any atom is -0.368 e. The maximum atomic E-state index is 13.1. The Morgan fingerprint density at radius 3 is 2.18 bits per heavy atom. The van der Waals surface area contributed by atoms with Gasteiger partial charge in [0.1, 0.15) is 24.2 Å². The number of hydrogen-bond donors (Lipinski definition) is 5. The largest absolute Gasteiger partial charge is 0.368 e. The van der Waals surface area contributed by atoms with E-state index in [1.807, 2.05) is 32.0 Å². The molecule has 0 fully saturated rings. The molecule has 38 heavy (non-hydrogen) atoms. The van der Waals surface area contributed by atoms with Crippen LogP contribution in [0.5, 0.6) is 0 Å². The molecular formula is C26H39N5O5S2. The van der Waals surface area contributed by atoms with Crippen LogP contribution in [0.4, 0.5) is 0 Å². The van der Waals surface area contributed by atoms with Gasteiger partial charge in [-0.2, -0.15) is 23.5 Å². The highest BCUT2D eigenvalue weighted by Gasteiger charge is 2.31. The molecule has 6 N–H and O–H groups in total. The van der Waals surface area contributed by atoms with Crippen molar-refractivity contribution in [3.63, 3.8) is 0 Å². The molecule has 0 aliphatic carbocycles. The van der Waals surface area contributed by atoms with E-state index in [2.05, 4.69) is 27.3 Å². The number of nitrogens with two attached hydrogens (primary N) is 1. The van der Waals surface area contributed by atoms with Gasteiger partial charge in [-0.1, -0.05) is 44.5 Å². The molecule has 0 spiro atoms. The van der Waals surface area contributed by atoms with E-state index >= 15 is 0 Å². The summed E-state index contributed by atoms with van der Waals surface area (Å²) in [7, 11) is 0. The molecule has 10 nitrogen and oxygen atoms in total. The van der Waals surface area contributed by atoms with E-state index in [9.17, 15) is 24.0 Å². The Balaban J connectivity index is 2.24. The van der Waals surface area contributed by atoms with Gasteiger partial charge in [0.15, 0.2) is 0 Å². The zero-order valence-corrected chi connectivity index (χ0v) is 24.0. The number of carbonyl (C=O) groups excluding carboxylic acids is 5. The molecule has 1 aliphatic heterocycles. The maximum Gasteiger partial charge on any atom is 0.243 e. The van der Waals surface area contributed by atoms with Gasteiger partial charge in [0.2, 0.25) is 29.5 Å². The number of nitrogens with one attached hydrogen (secondary N) is 4. The lowest BCUT2D eigenvalue weighted by Gasteiger charge is -2.27. The summed E-state index contributed by atoms with van der Waals surface area (Å²) in [6, 6.07) is 4.43. The van der Waals surface area contributed by atoms with Crippen molar-refractivity contribution in [3.8, 4) is 0 Å². The third-order valence-corrected chi connectivity index (χ3v) is 8.40. The first kappa shape index (κ1) is 31.5. The molecular weight excluding hydrogens is 526 g/mol. The fourth-order valence-corrected chi connectivity index (χ4v) is 5.58. The lowest BCUT2D eigenvalue weighted by molar-refractivity contribution is -0.134. The van der Waals surface area contributed by atoms with Crippen molar-refractivity contribution in [2.75, 3.05) is 11.5 Å². The van der Waals surface area contributed by atoms with E-state index in [1.54, 1.807) is 18.7 Å². The Morgan fingerprint density at radius 1 is 0.947 bits per heavy atom. The fourth-order valence-electron chi connectivity index (χ4n) is 3.68. The van der Waals surface area contributed by atoms with Gasteiger partial charge in [0.05, 0.1) is 0 Å². The van der Waals surface area contributed by atoms with Gasteiger partial charge in [-0.05, 0) is 30.9 Å². The van der Waals surface area contributed by atoms with Gasteiger partial charge in [-0.15, -0.1) is 0 Å². The number of hydrogen-bond acceptors (Lipinski definition) is 7. The molecule has 5 amide bonds. The minimum atomic E-state index is -0.953. The SMILES string of the molecule is CC[C@H](C)[C@@H]1NC(=O)[C@H](C)NC(=O)[C@H](C)NC(=O)CCSCc2cccc(c2)CSC[C@@H](C(N)=O)NC1=O. The van der Waals surface area contributed by atoms with Crippen LogP contribution in [0.2, 0.25) is 0 Å². The summed E-state index contributed by atoms with van der Waals surface area (Å²) in [6.07, 6.45) is 0.848. The van der Waals surface area contributed by atoms with Crippen LogP contribution in [0.15, 0.2) is 24.3 Å². The highest BCUT2D eigenvalue weighted by Crippen LogP contribution is 2.19. The molecule has 5 atom stereocenters. The second-order valence-corrected chi connectivity index (χ2v) is 11.6. The van der Waals surface area contributed by atoms with Gasteiger partial charge in [-0.3, -0.25) is 24.0 Å². The van der Waals surface area contributed by atoms with Crippen LogP contribution in [0.25, 0.3) is 0 Å². The third-order valence-electron chi connectivity index (χ3n) is 6.26. The van der Waals surface area contributed by atoms with Crippen LogP contribution >= 0.6 is 23.5 Å². The van der Waals surface area contributed by atoms with Crippen LogP contribution in [-0.2, 0) is 35.5 Å². The lowest BCUT2D eigenvalue weighted by atomic mass is 9.97. The van der Waals surface area contributed by atoms with Crippen molar-refractivity contribution >= 4 is 53.1 Å². The molecule has 0 aromatic heterocycles. The van der Waals surface area contributed by atoms with E-state index in [1.165, 1.54) is 18.7 Å². The fraction of sp³-hybridized carbons (Fsp3) is 0.577. The topological polar surface area (TPSA) is 159 Å². The second kappa shape index (κ2) is 15.6. The predicted molar refractivity (Wildman–Crippen MR) is 151 cm³/mol. The summed E-state index contributed by atoms with van der Waals surface area (Å²) in [5.41, 5.74) is 7.76. The standard InChI is InChI=1S/C26H39N5O5S2/c1-5-15(2)22-26(36)30-20(23(27)33)14-38-13-19-8-6-7-18(11-19)12-37-10-9-21(32)28-16(3)24(34)29-17(4)25(35)31-22/h6-8,11,15-17,20,22H,5,9-10,12-14H2,1-4H3,(H2,27,33)(H,28,32)(H,29,34)(H,30,36)(H,31,35)/t15-,16-,17-,20-,22-/m0/s1. The summed E-state index contributed by atoms with van der Waals surface area (Å²) in [5, 5.41) is 10.6. The van der Waals surface area contributed by atoms with Crippen molar-refractivity contribution in [1.82, 2.24) is 21.3 Å². The second-order valence-electron chi connectivity index (χ2n) is 9.49. The minimum absolute atomic E-state index is 0.243. The summed E-state index contributed by atoms with van der Waals surface area (Å²) in [5.74, 6) is -0.505. The van der Waals surface area contributed by atoms with E-state index in [0.717, 1.165) is 16.9 Å². The molecule has 1 aromatic carbocycles. The summed E-state index contributed by atoms with van der Waals surface area (Å²) in [4.78, 5) is 63.0. The van der Waals surface area contributed by atoms with Gasteiger partial charge in [0, 0.05) is 29.4 Å². The normalized spacial score (nSPS) is 25.9. The summed E-state index contributed by atoms with van der Waals surface area (Å²) in [6.45, 7) is 6.75. The Morgan fingerprint density at radius 2 is 1.55 bits per heavy atom. The number of thioether (sulfide) groups is 2. The molecule has 0 unspecified atom stereocenters. The van der Waals surface area contributed by atoms with E-state index in [4.69, 9.17) is 5.73 Å². The molecule has 210 valence electrons. The van der Waals surface area contributed by atoms with E-state index in [-0.39, 0.29) is 24.0 Å². The summed E-state index contributed by atoms with van der Waals surface area (Å²) >= 11 is 3.09. The van der Waals surface area contributed by atoms with Crippen LogP contribution < -0.4 is 27.0 Å². The number of fused-ring (bicyclic) bond motifs is 2. The van der Waals surface area contributed by atoms with Gasteiger partial charge in [0.25, 0.3) is 0 Å². The molecule has 12 heteroatoms. The first-order chi connectivity index (χ1) is 18.0. The molecule has 1 aliphatic rings. The monoisotopic (exact) mass is 565 g/mol. The van der Waals surface area contributed by atoms with Gasteiger partial charge < -0.3 is 27.0 Å². The molecule has 1 aromatic rings. The highest BCUT2D eigenvalue weighted by atomic mass is 32.2. The first-order valence-corrected chi connectivity index (χ1v) is 15.1. The number of amides is 5. The maximum absolute atomic E-state index is 13.1. The van der Waals surface area contributed by atoms with Crippen molar-refractivity contribution in [3.05, 3.63) is 35.4 Å². The average Bonchev–Trinajstić information content (AvgIpc) is 2.87. The molecule has 0 saturated carbocycles. The van der Waals surface area contributed by atoms with Gasteiger partial charge >= 0.3 is 0 Å². The quantitative estimate of drug-likeness (QED) is 0.366. The molecule has 2 bridgehead atoms. The molecule has 1 heterocycles. The Hall–Kier alpha value is -2.73. The van der Waals surface area contributed by atoms with Crippen molar-refractivity contribution in [2.24, 2.45) is 11.7 Å². The Kier molecular flexibility index (Phi) is 12.9. The van der Waals surface area contributed by atoms with Gasteiger partial charge in [-0.25, -0.2) is 0 Å². The number of carbonyl (C=O) groups is 5. The Bertz CT molecular complexity index is 1010.